The van der Waals surface area contributed by atoms with Crippen LogP contribution in [0.4, 0.5) is 0 Å². The van der Waals surface area contributed by atoms with E-state index in [1.807, 2.05) is 12.1 Å². The molecule has 0 saturated heterocycles. The van der Waals surface area contributed by atoms with Crippen molar-refractivity contribution in [1.82, 2.24) is 20.9 Å². The Labute approximate surface area is 173 Å². The lowest BCUT2D eigenvalue weighted by molar-refractivity contribution is -0.121. The molecule has 0 unspecified atom stereocenters. The molecule has 0 aliphatic heterocycles. The van der Waals surface area contributed by atoms with Crippen molar-refractivity contribution in [3.05, 3.63) is 29.8 Å². The van der Waals surface area contributed by atoms with Crippen LogP contribution < -0.4 is 20.9 Å². The van der Waals surface area contributed by atoms with Crippen LogP contribution in [-0.2, 0) is 20.2 Å². The van der Waals surface area contributed by atoms with Crippen LogP contribution in [0.5, 0.6) is 0 Å². The molecule has 1 aromatic rings. The molecule has 1 aliphatic carbocycles. The van der Waals surface area contributed by atoms with Crippen molar-refractivity contribution in [2.24, 2.45) is 0 Å². The van der Waals surface area contributed by atoms with E-state index in [0.717, 1.165) is 18.4 Å². The average Bonchev–Trinajstić information content (AvgIpc) is 3.12. The third-order valence-corrected chi connectivity index (χ3v) is 6.38. The number of hydrazine groups is 1. The molecule has 1 amide bonds. The van der Waals surface area contributed by atoms with Crippen LogP contribution in [0.3, 0.4) is 0 Å². The summed E-state index contributed by atoms with van der Waals surface area (Å²) in [5.74, 6) is -0.346. The summed E-state index contributed by atoms with van der Waals surface area (Å²) in [6, 6.07) is 7.14. The molecule has 7 nitrogen and oxygen atoms in total. The highest BCUT2D eigenvalue weighted by Gasteiger charge is 2.18. The van der Waals surface area contributed by atoms with Gasteiger partial charge in [-0.1, -0.05) is 45.7 Å². The highest BCUT2D eigenvalue weighted by Crippen LogP contribution is 2.23. The molecule has 0 bridgehead atoms. The van der Waals surface area contributed by atoms with Gasteiger partial charge < -0.3 is 5.32 Å². The average molecular weight is 427 g/mol. The molecular formula is C19H30N4O3S2. The van der Waals surface area contributed by atoms with Gasteiger partial charge in [0.2, 0.25) is 15.9 Å². The van der Waals surface area contributed by atoms with Gasteiger partial charge in [-0.05, 0) is 48.2 Å². The number of hydrogen-bond acceptors (Lipinski definition) is 4. The van der Waals surface area contributed by atoms with Gasteiger partial charge in [-0.2, -0.15) is 0 Å². The number of amides is 1. The van der Waals surface area contributed by atoms with Crippen molar-refractivity contribution in [2.75, 3.05) is 6.54 Å². The normalized spacial score (nSPS) is 15.2. The number of carbonyl (C=O) groups excluding carboxylic acids is 1. The third kappa shape index (κ3) is 7.03. The van der Waals surface area contributed by atoms with Crippen molar-refractivity contribution < 1.29 is 13.2 Å². The zero-order chi connectivity index (χ0) is 20.8. The van der Waals surface area contributed by atoms with E-state index in [1.165, 1.54) is 12.8 Å². The summed E-state index contributed by atoms with van der Waals surface area (Å²) < 4.78 is 27.1. The van der Waals surface area contributed by atoms with E-state index in [9.17, 15) is 13.2 Å². The topological polar surface area (TPSA) is 99.3 Å². The molecule has 9 heteroatoms. The Bertz CT molecular complexity index is 780. The fraction of sp³-hybridized carbons (Fsp3) is 0.579. The lowest BCUT2D eigenvalue weighted by Crippen LogP contribution is -2.49. The fourth-order valence-corrected chi connectivity index (χ4v) is 4.25. The van der Waals surface area contributed by atoms with Gasteiger partial charge in [-0.15, -0.1) is 0 Å². The minimum Gasteiger partial charge on any atom is -0.359 e. The molecule has 156 valence electrons. The molecule has 0 radical (unpaired) electrons. The van der Waals surface area contributed by atoms with Gasteiger partial charge in [0.1, 0.15) is 0 Å². The molecule has 1 fully saturated rings. The maximum absolute atomic E-state index is 12.3. The standard InChI is InChI=1S/C19H30N4O3S2/c1-19(2,3)14-8-10-16(11-9-14)28(25,26)20-13-12-17(24)22-23-18(27)21-15-6-4-5-7-15/h8-11,15,20H,4-7,12-13H2,1-3H3,(H,22,24)(H2,21,23,27). The fourth-order valence-electron chi connectivity index (χ4n) is 3.00. The number of carbonyl (C=O) groups is 1. The van der Waals surface area contributed by atoms with Gasteiger partial charge >= 0.3 is 0 Å². The highest BCUT2D eigenvalue weighted by atomic mass is 32.2. The number of sulfonamides is 1. The van der Waals surface area contributed by atoms with Crippen LogP contribution in [0, 0.1) is 0 Å². The van der Waals surface area contributed by atoms with E-state index < -0.39 is 10.0 Å². The lowest BCUT2D eigenvalue weighted by Gasteiger charge is -2.19. The summed E-state index contributed by atoms with van der Waals surface area (Å²) in [7, 11) is -3.65. The Morgan fingerprint density at radius 1 is 1.11 bits per heavy atom. The SMILES string of the molecule is CC(C)(C)c1ccc(S(=O)(=O)NCCC(=O)NNC(=S)NC2CCCC2)cc1. The van der Waals surface area contributed by atoms with Crippen molar-refractivity contribution in [3.8, 4) is 0 Å². The van der Waals surface area contributed by atoms with Crippen LogP contribution in [0.1, 0.15) is 58.4 Å². The molecule has 2 rings (SSSR count). The number of benzene rings is 1. The molecule has 0 aromatic heterocycles. The van der Waals surface area contributed by atoms with Crippen LogP contribution in [0.2, 0.25) is 0 Å². The Morgan fingerprint density at radius 3 is 2.29 bits per heavy atom. The lowest BCUT2D eigenvalue weighted by atomic mass is 9.87. The first-order valence-electron chi connectivity index (χ1n) is 9.53. The first-order chi connectivity index (χ1) is 13.1. The van der Waals surface area contributed by atoms with E-state index >= 15 is 0 Å². The molecule has 0 heterocycles. The summed E-state index contributed by atoms with van der Waals surface area (Å²) in [6.45, 7) is 6.20. The Morgan fingerprint density at radius 2 is 1.71 bits per heavy atom. The highest BCUT2D eigenvalue weighted by molar-refractivity contribution is 7.89. The molecule has 28 heavy (non-hydrogen) atoms. The van der Waals surface area contributed by atoms with Crippen LogP contribution >= 0.6 is 12.2 Å². The first kappa shape index (κ1) is 22.6. The van der Waals surface area contributed by atoms with Gasteiger partial charge in [0.15, 0.2) is 5.11 Å². The predicted octanol–water partition coefficient (Wildman–Crippen LogP) is 2.09. The molecular weight excluding hydrogens is 396 g/mol. The van der Waals surface area contributed by atoms with E-state index in [1.54, 1.807) is 12.1 Å². The minimum atomic E-state index is -3.65. The quantitative estimate of drug-likeness (QED) is 0.411. The number of hydrogen-bond donors (Lipinski definition) is 4. The summed E-state index contributed by atoms with van der Waals surface area (Å²) in [5.41, 5.74) is 6.14. The Kier molecular flexibility index (Phi) is 7.79. The van der Waals surface area contributed by atoms with Gasteiger partial charge in [-0.25, -0.2) is 13.1 Å². The second-order valence-electron chi connectivity index (χ2n) is 8.05. The Balaban J connectivity index is 1.73. The van der Waals surface area contributed by atoms with Crippen molar-refractivity contribution >= 4 is 33.3 Å². The maximum Gasteiger partial charge on any atom is 0.240 e. The van der Waals surface area contributed by atoms with Crippen LogP contribution in [0.25, 0.3) is 0 Å². The summed E-state index contributed by atoms with van der Waals surface area (Å²) >= 11 is 5.13. The van der Waals surface area contributed by atoms with E-state index in [2.05, 4.69) is 41.7 Å². The van der Waals surface area contributed by atoms with Gasteiger partial charge in [0.05, 0.1) is 4.90 Å². The monoisotopic (exact) mass is 426 g/mol. The second-order valence-corrected chi connectivity index (χ2v) is 10.2. The minimum absolute atomic E-state index is 0.000313. The number of nitrogens with one attached hydrogen (secondary N) is 4. The van der Waals surface area contributed by atoms with Crippen molar-refractivity contribution in [2.45, 2.75) is 69.2 Å². The Hall–Kier alpha value is -1.71. The molecule has 0 spiro atoms. The predicted molar refractivity (Wildman–Crippen MR) is 114 cm³/mol. The van der Waals surface area contributed by atoms with E-state index in [0.29, 0.717) is 11.2 Å². The molecule has 0 atom stereocenters. The number of thiocarbonyl (C=S) groups is 1. The molecule has 1 aliphatic rings. The van der Waals surface area contributed by atoms with E-state index in [-0.39, 0.29) is 29.2 Å². The maximum atomic E-state index is 12.3. The summed E-state index contributed by atoms with van der Waals surface area (Å²) in [4.78, 5) is 12.0. The zero-order valence-electron chi connectivity index (χ0n) is 16.7. The van der Waals surface area contributed by atoms with Gasteiger partial charge in [0.25, 0.3) is 0 Å². The zero-order valence-corrected chi connectivity index (χ0v) is 18.3. The van der Waals surface area contributed by atoms with Gasteiger partial charge in [-0.3, -0.25) is 15.6 Å². The summed E-state index contributed by atoms with van der Waals surface area (Å²) in [5, 5.41) is 3.52. The van der Waals surface area contributed by atoms with Crippen molar-refractivity contribution in [1.29, 1.82) is 0 Å². The largest absolute Gasteiger partial charge is 0.359 e. The molecule has 1 saturated carbocycles. The van der Waals surface area contributed by atoms with Crippen LogP contribution in [0.15, 0.2) is 29.2 Å². The first-order valence-corrected chi connectivity index (χ1v) is 11.4. The molecule has 4 N–H and O–H groups in total. The second kappa shape index (κ2) is 9.67. The third-order valence-electron chi connectivity index (χ3n) is 4.68. The van der Waals surface area contributed by atoms with Crippen LogP contribution in [-0.4, -0.2) is 32.0 Å². The van der Waals surface area contributed by atoms with Crippen molar-refractivity contribution in [3.63, 3.8) is 0 Å². The van der Waals surface area contributed by atoms with E-state index in [4.69, 9.17) is 12.2 Å². The smallest absolute Gasteiger partial charge is 0.240 e. The summed E-state index contributed by atoms with van der Waals surface area (Å²) in [6.07, 6.45) is 4.53. The van der Waals surface area contributed by atoms with Gasteiger partial charge in [0, 0.05) is 19.0 Å². The molecule has 1 aromatic carbocycles. The number of rotatable bonds is 6.